The number of amides is 1. The van der Waals surface area contributed by atoms with Crippen molar-refractivity contribution in [1.29, 1.82) is 0 Å². The van der Waals surface area contributed by atoms with Crippen LogP contribution in [-0.4, -0.2) is 27.9 Å². The van der Waals surface area contributed by atoms with Crippen molar-refractivity contribution in [2.24, 2.45) is 0 Å². The molecule has 0 fully saturated rings. The Balaban J connectivity index is 1.66. The maximum absolute atomic E-state index is 12.9. The van der Waals surface area contributed by atoms with Gasteiger partial charge in [0.05, 0.1) is 16.8 Å². The molecule has 30 heavy (non-hydrogen) atoms. The smallest absolute Gasteiger partial charge is 0.264 e. The molecule has 0 saturated heterocycles. The van der Waals surface area contributed by atoms with Gasteiger partial charge in [0, 0.05) is 30.6 Å². The number of rotatable bonds is 8. The topological polar surface area (TPSA) is 79.6 Å². The Labute approximate surface area is 181 Å². The molecule has 0 unspecified atom stereocenters. The molecule has 1 N–H and O–H groups in total. The van der Waals surface area contributed by atoms with Crippen LogP contribution < -0.4 is 9.62 Å². The van der Waals surface area contributed by atoms with Gasteiger partial charge < -0.3 is 9.73 Å². The average Bonchev–Trinajstić information content (AvgIpc) is 3.24. The molecule has 0 radical (unpaired) electrons. The molecule has 0 bridgehead atoms. The van der Waals surface area contributed by atoms with Crippen LogP contribution in [-0.2, 0) is 16.4 Å². The van der Waals surface area contributed by atoms with Crippen molar-refractivity contribution < 1.29 is 17.6 Å². The molecule has 0 spiro atoms. The van der Waals surface area contributed by atoms with E-state index in [1.54, 1.807) is 31.4 Å². The number of nitrogens with one attached hydrogen (secondary N) is 1. The number of nitrogens with zero attached hydrogens (tertiary/aromatic N) is 1. The second-order valence-electron chi connectivity index (χ2n) is 6.87. The third-order valence-electron chi connectivity index (χ3n) is 4.74. The van der Waals surface area contributed by atoms with E-state index in [0.717, 1.165) is 18.6 Å². The largest absolute Gasteiger partial charge is 0.469 e. The Morgan fingerprint density at radius 1 is 1.13 bits per heavy atom. The first-order chi connectivity index (χ1) is 14.3. The van der Waals surface area contributed by atoms with Crippen molar-refractivity contribution in [3.05, 3.63) is 82.8 Å². The number of furan rings is 1. The molecule has 0 atom stereocenters. The first-order valence-corrected chi connectivity index (χ1v) is 11.3. The number of carbonyl (C=O) groups is 1. The maximum Gasteiger partial charge on any atom is 0.264 e. The minimum atomic E-state index is -3.74. The van der Waals surface area contributed by atoms with Crippen molar-refractivity contribution in [1.82, 2.24) is 5.32 Å². The first kappa shape index (κ1) is 21.9. The number of anilines is 1. The molecule has 3 rings (SSSR count). The Morgan fingerprint density at radius 3 is 2.50 bits per heavy atom. The van der Waals surface area contributed by atoms with Crippen LogP contribution in [0.15, 0.2) is 70.2 Å². The van der Waals surface area contributed by atoms with Gasteiger partial charge in [-0.15, -0.1) is 0 Å². The lowest BCUT2D eigenvalue weighted by Gasteiger charge is -2.22. The minimum Gasteiger partial charge on any atom is -0.469 e. The molecule has 0 aliphatic heterocycles. The van der Waals surface area contributed by atoms with Crippen LogP contribution >= 0.6 is 11.6 Å². The number of carbonyl (C=O) groups excluding carboxylic acids is 1. The van der Waals surface area contributed by atoms with Gasteiger partial charge in [0.15, 0.2) is 0 Å². The highest BCUT2D eigenvalue weighted by Gasteiger charge is 2.23. The van der Waals surface area contributed by atoms with Crippen LogP contribution in [0.2, 0.25) is 5.02 Å². The second kappa shape index (κ2) is 9.36. The van der Waals surface area contributed by atoms with E-state index in [-0.39, 0.29) is 10.8 Å². The Kier molecular flexibility index (Phi) is 6.84. The van der Waals surface area contributed by atoms with Crippen LogP contribution in [0.3, 0.4) is 0 Å². The number of halogens is 1. The number of aryl methyl sites for hydroxylation is 2. The zero-order valence-electron chi connectivity index (χ0n) is 16.8. The predicted molar refractivity (Wildman–Crippen MR) is 118 cm³/mol. The van der Waals surface area contributed by atoms with E-state index in [4.69, 9.17) is 16.0 Å². The summed E-state index contributed by atoms with van der Waals surface area (Å²) < 4.78 is 32.2. The average molecular weight is 447 g/mol. The number of benzene rings is 2. The summed E-state index contributed by atoms with van der Waals surface area (Å²) in [5.41, 5.74) is 1.66. The lowest BCUT2D eigenvalue weighted by Crippen LogP contribution is -2.28. The lowest BCUT2D eigenvalue weighted by molar-refractivity contribution is 0.0953. The summed E-state index contributed by atoms with van der Waals surface area (Å²) in [7, 11) is -2.25. The van der Waals surface area contributed by atoms with E-state index >= 15 is 0 Å². The van der Waals surface area contributed by atoms with E-state index in [9.17, 15) is 13.2 Å². The molecule has 8 heteroatoms. The fourth-order valence-electron chi connectivity index (χ4n) is 3.07. The fraction of sp³-hybridized carbons (Fsp3) is 0.227. The third-order valence-corrected chi connectivity index (χ3v) is 6.77. The highest BCUT2D eigenvalue weighted by atomic mass is 35.5. The SMILES string of the molecule is Cc1cc(C(=O)NCCCc2ccco2)ccc1N(C)S(=O)(=O)c1ccc(Cl)cc1. The van der Waals surface area contributed by atoms with E-state index in [1.165, 1.54) is 35.6 Å². The minimum absolute atomic E-state index is 0.146. The Hall–Kier alpha value is -2.77. The molecule has 1 aromatic heterocycles. The van der Waals surface area contributed by atoms with Crippen LogP contribution in [0.5, 0.6) is 0 Å². The normalized spacial score (nSPS) is 11.3. The van der Waals surface area contributed by atoms with E-state index < -0.39 is 10.0 Å². The standard InChI is InChI=1S/C22H23ClN2O4S/c1-16-15-17(22(26)24-13-3-5-19-6-4-14-29-19)7-12-21(16)25(2)30(27,28)20-10-8-18(23)9-11-20/h4,6-12,14-15H,3,5,13H2,1-2H3,(H,24,26). The molecular formula is C22H23ClN2O4S. The van der Waals surface area contributed by atoms with Crippen molar-refractivity contribution in [3.63, 3.8) is 0 Å². The van der Waals surface area contributed by atoms with Gasteiger partial charge >= 0.3 is 0 Å². The number of hydrogen-bond acceptors (Lipinski definition) is 4. The van der Waals surface area contributed by atoms with Gasteiger partial charge in [-0.25, -0.2) is 8.42 Å². The second-order valence-corrected chi connectivity index (χ2v) is 9.27. The van der Waals surface area contributed by atoms with Crippen LogP contribution in [0, 0.1) is 6.92 Å². The van der Waals surface area contributed by atoms with Crippen molar-refractivity contribution in [2.45, 2.75) is 24.7 Å². The summed E-state index contributed by atoms with van der Waals surface area (Å²) >= 11 is 5.85. The summed E-state index contributed by atoms with van der Waals surface area (Å²) in [5.74, 6) is 0.682. The van der Waals surface area contributed by atoms with E-state index in [1.807, 2.05) is 12.1 Å². The summed E-state index contributed by atoms with van der Waals surface area (Å²) in [5, 5.41) is 3.34. The zero-order valence-corrected chi connectivity index (χ0v) is 18.3. The van der Waals surface area contributed by atoms with E-state index in [0.29, 0.717) is 28.4 Å². The van der Waals surface area contributed by atoms with Crippen molar-refractivity contribution in [2.75, 3.05) is 17.9 Å². The summed E-state index contributed by atoms with van der Waals surface area (Å²) in [4.78, 5) is 12.6. The lowest BCUT2D eigenvalue weighted by atomic mass is 10.1. The Bertz CT molecular complexity index is 1110. The van der Waals surface area contributed by atoms with Crippen LogP contribution in [0.25, 0.3) is 0 Å². The Morgan fingerprint density at radius 2 is 1.87 bits per heavy atom. The van der Waals surface area contributed by atoms with Crippen LogP contribution in [0.1, 0.15) is 28.1 Å². The van der Waals surface area contributed by atoms with Gasteiger partial charge in [-0.3, -0.25) is 9.10 Å². The van der Waals surface area contributed by atoms with Gasteiger partial charge in [0.25, 0.3) is 15.9 Å². The number of hydrogen-bond donors (Lipinski definition) is 1. The molecule has 1 amide bonds. The fourth-order valence-corrected chi connectivity index (χ4v) is 4.45. The molecule has 158 valence electrons. The monoisotopic (exact) mass is 446 g/mol. The van der Waals surface area contributed by atoms with Gasteiger partial charge in [-0.1, -0.05) is 11.6 Å². The van der Waals surface area contributed by atoms with Crippen molar-refractivity contribution in [3.8, 4) is 0 Å². The molecule has 1 heterocycles. The molecular weight excluding hydrogens is 424 g/mol. The van der Waals surface area contributed by atoms with Gasteiger partial charge in [-0.05, 0) is 73.5 Å². The highest BCUT2D eigenvalue weighted by molar-refractivity contribution is 7.92. The molecule has 0 saturated carbocycles. The van der Waals surface area contributed by atoms with Gasteiger partial charge in [-0.2, -0.15) is 0 Å². The quantitative estimate of drug-likeness (QED) is 0.519. The molecule has 0 aliphatic rings. The highest BCUT2D eigenvalue weighted by Crippen LogP contribution is 2.26. The molecule has 2 aromatic carbocycles. The maximum atomic E-state index is 12.9. The summed E-state index contributed by atoms with van der Waals surface area (Å²) in [6, 6.07) is 14.7. The van der Waals surface area contributed by atoms with Gasteiger partial charge in [0.1, 0.15) is 5.76 Å². The summed E-state index contributed by atoms with van der Waals surface area (Å²) in [6.07, 6.45) is 3.14. The van der Waals surface area contributed by atoms with Crippen molar-refractivity contribution >= 4 is 33.2 Å². The first-order valence-electron chi connectivity index (χ1n) is 9.45. The predicted octanol–water partition coefficient (Wildman–Crippen LogP) is 4.43. The van der Waals surface area contributed by atoms with Gasteiger partial charge in [0.2, 0.25) is 0 Å². The summed E-state index contributed by atoms with van der Waals surface area (Å²) in [6.45, 7) is 2.29. The van der Waals surface area contributed by atoms with E-state index in [2.05, 4.69) is 5.32 Å². The third kappa shape index (κ3) is 5.04. The molecule has 3 aromatic rings. The molecule has 6 nitrogen and oxygen atoms in total. The van der Waals surface area contributed by atoms with Crippen LogP contribution in [0.4, 0.5) is 5.69 Å². The molecule has 0 aliphatic carbocycles. The number of sulfonamides is 1. The zero-order chi connectivity index (χ0) is 21.7.